The van der Waals surface area contributed by atoms with E-state index in [1.807, 2.05) is 0 Å². The largest absolute Gasteiger partial charge is 0.388 e. The number of rotatable bonds is 3. The molecule has 1 rings (SSSR count). The summed E-state index contributed by atoms with van der Waals surface area (Å²) >= 11 is 3.18. The highest BCUT2D eigenvalue weighted by Gasteiger charge is 2.14. The van der Waals surface area contributed by atoms with Crippen LogP contribution in [0.3, 0.4) is 0 Å². The molecule has 72 valence electrons. The van der Waals surface area contributed by atoms with Crippen molar-refractivity contribution in [1.82, 2.24) is 0 Å². The van der Waals surface area contributed by atoms with Gasteiger partial charge in [-0.15, -0.1) is 0 Å². The second-order valence-corrected chi connectivity index (χ2v) is 3.58. The summed E-state index contributed by atoms with van der Waals surface area (Å²) in [5.41, 5.74) is 5.55. The molecule has 0 radical (unpaired) electrons. The van der Waals surface area contributed by atoms with Gasteiger partial charge in [-0.3, -0.25) is 0 Å². The molecule has 1 atom stereocenters. The van der Waals surface area contributed by atoms with Crippen molar-refractivity contribution in [2.45, 2.75) is 12.5 Å². The fourth-order valence-corrected chi connectivity index (χ4v) is 1.74. The number of halogens is 2. The van der Waals surface area contributed by atoms with Crippen LogP contribution in [-0.2, 0) is 0 Å². The Bertz CT molecular complexity index is 273. The van der Waals surface area contributed by atoms with E-state index in [1.54, 1.807) is 12.1 Å². The van der Waals surface area contributed by atoms with Gasteiger partial charge in [0.2, 0.25) is 0 Å². The van der Waals surface area contributed by atoms with E-state index in [-0.39, 0.29) is 5.56 Å². The van der Waals surface area contributed by atoms with Crippen molar-refractivity contribution in [2.24, 2.45) is 5.73 Å². The van der Waals surface area contributed by atoms with E-state index >= 15 is 0 Å². The van der Waals surface area contributed by atoms with E-state index < -0.39 is 11.9 Å². The van der Waals surface area contributed by atoms with Crippen LogP contribution in [0.1, 0.15) is 18.1 Å². The van der Waals surface area contributed by atoms with Crippen molar-refractivity contribution in [3.8, 4) is 0 Å². The molecule has 13 heavy (non-hydrogen) atoms. The standard InChI is InChI=1S/C9H11BrFNO/c10-6-2-1-3-7(11)9(6)8(13)4-5-12/h1-3,8,13H,4-5,12H2. The monoisotopic (exact) mass is 247 g/mol. The van der Waals surface area contributed by atoms with Gasteiger partial charge in [-0.25, -0.2) is 4.39 Å². The fraction of sp³-hybridized carbons (Fsp3) is 0.333. The maximum absolute atomic E-state index is 13.2. The maximum atomic E-state index is 13.2. The van der Waals surface area contributed by atoms with Gasteiger partial charge in [0.25, 0.3) is 0 Å². The van der Waals surface area contributed by atoms with Gasteiger partial charge in [0.1, 0.15) is 5.82 Å². The van der Waals surface area contributed by atoms with Crippen molar-refractivity contribution in [3.05, 3.63) is 34.1 Å². The number of hydrogen-bond acceptors (Lipinski definition) is 2. The van der Waals surface area contributed by atoms with Gasteiger partial charge in [0.05, 0.1) is 6.10 Å². The third kappa shape index (κ3) is 2.49. The normalized spacial score (nSPS) is 12.9. The molecule has 0 spiro atoms. The van der Waals surface area contributed by atoms with Crippen molar-refractivity contribution in [1.29, 1.82) is 0 Å². The smallest absolute Gasteiger partial charge is 0.130 e. The lowest BCUT2D eigenvalue weighted by molar-refractivity contribution is 0.165. The Kier molecular flexibility index (Phi) is 3.84. The van der Waals surface area contributed by atoms with E-state index in [0.717, 1.165) is 0 Å². The molecule has 0 saturated carbocycles. The minimum Gasteiger partial charge on any atom is -0.388 e. The third-order valence-corrected chi connectivity index (χ3v) is 2.46. The molecule has 0 aliphatic carbocycles. The van der Waals surface area contributed by atoms with Crippen LogP contribution in [0.15, 0.2) is 22.7 Å². The molecule has 0 aliphatic rings. The Morgan fingerprint density at radius 1 is 1.54 bits per heavy atom. The topological polar surface area (TPSA) is 46.2 Å². The lowest BCUT2D eigenvalue weighted by atomic mass is 10.1. The molecular weight excluding hydrogens is 237 g/mol. The Labute approximate surface area is 84.7 Å². The lowest BCUT2D eigenvalue weighted by Crippen LogP contribution is -2.08. The van der Waals surface area contributed by atoms with Crippen molar-refractivity contribution < 1.29 is 9.50 Å². The van der Waals surface area contributed by atoms with Gasteiger partial charge in [0.15, 0.2) is 0 Å². The second-order valence-electron chi connectivity index (χ2n) is 2.73. The number of aliphatic hydroxyl groups excluding tert-OH is 1. The molecule has 0 aromatic heterocycles. The molecule has 0 fully saturated rings. The summed E-state index contributed by atoms with van der Waals surface area (Å²) < 4.78 is 13.8. The molecular formula is C9H11BrFNO. The van der Waals surface area contributed by atoms with Crippen LogP contribution in [0.25, 0.3) is 0 Å². The highest BCUT2D eigenvalue weighted by atomic mass is 79.9. The molecule has 4 heteroatoms. The highest BCUT2D eigenvalue weighted by Crippen LogP contribution is 2.27. The van der Waals surface area contributed by atoms with E-state index in [2.05, 4.69) is 15.9 Å². The summed E-state index contributed by atoms with van der Waals surface area (Å²) in [7, 11) is 0. The first-order valence-electron chi connectivity index (χ1n) is 3.99. The van der Waals surface area contributed by atoms with Crippen molar-refractivity contribution in [2.75, 3.05) is 6.54 Å². The SMILES string of the molecule is NCCC(O)c1c(F)cccc1Br. The van der Waals surface area contributed by atoms with E-state index in [9.17, 15) is 9.50 Å². The Hall–Kier alpha value is -0.450. The number of aliphatic hydroxyl groups is 1. The molecule has 1 aromatic carbocycles. The van der Waals surface area contributed by atoms with Gasteiger partial charge in [-0.05, 0) is 25.1 Å². The van der Waals surface area contributed by atoms with Gasteiger partial charge < -0.3 is 10.8 Å². The molecule has 0 amide bonds. The van der Waals surface area contributed by atoms with Crippen LogP contribution in [0.2, 0.25) is 0 Å². The van der Waals surface area contributed by atoms with Gasteiger partial charge in [-0.2, -0.15) is 0 Å². The summed E-state index contributed by atoms with van der Waals surface area (Å²) in [5, 5.41) is 9.53. The molecule has 1 unspecified atom stereocenters. The lowest BCUT2D eigenvalue weighted by Gasteiger charge is -2.12. The summed E-state index contributed by atoms with van der Waals surface area (Å²) in [5.74, 6) is -0.407. The number of nitrogens with two attached hydrogens (primary N) is 1. The summed E-state index contributed by atoms with van der Waals surface area (Å²) in [4.78, 5) is 0. The molecule has 1 aromatic rings. The molecule has 2 nitrogen and oxygen atoms in total. The minimum atomic E-state index is -0.833. The van der Waals surface area contributed by atoms with E-state index in [4.69, 9.17) is 5.73 Å². The van der Waals surface area contributed by atoms with Crippen molar-refractivity contribution in [3.63, 3.8) is 0 Å². The molecule has 0 aliphatic heterocycles. The Balaban J connectivity index is 2.98. The average molecular weight is 248 g/mol. The zero-order chi connectivity index (χ0) is 9.84. The van der Waals surface area contributed by atoms with Gasteiger partial charge >= 0.3 is 0 Å². The van der Waals surface area contributed by atoms with Crippen LogP contribution < -0.4 is 5.73 Å². The van der Waals surface area contributed by atoms with E-state index in [0.29, 0.717) is 17.4 Å². The first kappa shape index (κ1) is 10.6. The van der Waals surface area contributed by atoms with Crippen molar-refractivity contribution >= 4 is 15.9 Å². The van der Waals surface area contributed by atoms with Gasteiger partial charge in [0, 0.05) is 10.0 Å². The van der Waals surface area contributed by atoms with Crippen LogP contribution in [0.4, 0.5) is 4.39 Å². The summed E-state index contributed by atoms with van der Waals surface area (Å²) in [6.07, 6.45) is -0.472. The molecule has 0 bridgehead atoms. The van der Waals surface area contributed by atoms with Crippen LogP contribution in [-0.4, -0.2) is 11.7 Å². The minimum absolute atomic E-state index is 0.285. The first-order valence-corrected chi connectivity index (χ1v) is 4.78. The van der Waals surface area contributed by atoms with Crippen LogP contribution >= 0.6 is 15.9 Å². The highest BCUT2D eigenvalue weighted by molar-refractivity contribution is 9.10. The molecule has 0 saturated heterocycles. The van der Waals surface area contributed by atoms with Crippen LogP contribution in [0.5, 0.6) is 0 Å². The van der Waals surface area contributed by atoms with Crippen LogP contribution in [0, 0.1) is 5.82 Å². The fourth-order valence-electron chi connectivity index (χ4n) is 1.13. The molecule has 3 N–H and O–H groups in total. The summed E-state index contributed by atoms with van der Waals surface area (Å²) in [6.45, 7) is 0.335. The second kappa shape index (κ2) is 4.69. The predicted octanol–water partition coefficient (Wildman–Crippen LogP) is 1.97. The predicted molar refractivity (Wildman–Crippen MR) is 52.7 cm³/mol. The zero-order valence-electron chi connectivity index (χ0n) is 7.00. The Morgan fingerprint density at radius 3 is 2.77 bits per heavy atom. The number of hydrogen-bond donors (Lipinski definition) is 2. The quantitative estimate of drug-likeness (QED) is 0.858. The number of benzene rings is 1. The van der Waals surface area contributed by atoms with Gasteiger partial charge in [-0.1, -0.05) is 22.0 Å². The van der Waals surface area contributed by atoms with E-state index in [1.165, 1.54) is 6.07 Å². The Morgan fingerprint density at radius 2 is 2.23 bits per heavy atom. The third-order valence-electron chi connectivity index (χ3n) is 1.77. The average Bonchev–Trinajstić information content (AvgIpc) is 2.04. The maximum Gasteiger partial charge on any atom is 0.130 e. The first-order chi connectivity index (χ1) is 6.16. The molecule has 0 heterocycles. The zero-order valence-corrected chi connectivity index (χ0v) is 8.59. The summed E-state index contributed by atoms with van der Waals surface area (Å²) in [6, 6.07) is 4.59.